The number of hydrogen-bond donors (Lipinski definition) is 5. The second kappa shape index (κ2) is 5.09. The van der Waals surface area contributed by atoms with Gasteiger partial charge in [0, 0.05) is 0 Å². The van der Waals surface area contributed by atoms with E-state index in [-0.39, 0.29) is 0 Å². The van der Waals surface area contributed by atoms with Crippen molar-refractivity contribution in [3.8, 4) is 0 Å². The maximum Gasteiger partial charge on any atom is 0.112 e. The average molecular weight is 164 g/mol. The van der Waals surface area contributed by atoms with E-state index in [2.05, 4.69) is 0 Å². The standard InChI is InChI=1S/C6H12O5/c7-2-1-4(9)6(11)5(10)3-8/h1-2,4-11H,3H2/b2-1-/t4-,5-,6+/m1/s1. The minimum Gasteiger partial charge on any atom is -0.516 e. The minimum atomic E-state index is -1.48. The SMILES string of the molecule is O/C=C\[C@@H](O)[C@H](O)[C@H](O)CO. The summed E-state index contributed by atoms with van der Waals surface area (Å²) in [5.74, 6) is 0. The van der Waals surface area contributed by atoms with E-state index < -0.39 is 24.9 Å². The Hall–Kier alpha value is -0.620. The van der Waals surface area contributed by atoms with Crippen LogP contribution in [0, 0.1) is 0 Å². The van der Waals surface area contributed by atoms with Gasteiger partial charge in [-0.2, -0.15) is 0 Å². The highest BCUT2D eigenvalue weighted by molar-refractivity contribution is 4.89. The molecule has 0 fully saturated rings. The van der Waals surface area contributed by atoms with Crippen LogP contribution in [0.1, 0.15) is 0 Å². The van der Waals surface area contributed by atoms with Crippen molar-refractivity contribution in [3.63, 3.8) is 0 Å². The molecule has 0 aliphatic carbocycles. The van der Waals surface area contributed by atoms with Crippen LogP contribution in [0.25, 0.3) is 0 Å². The van der Waals surface area contributed by atoms with Crippen LogP contribution < -0.4 is 0 Å². The molecule has 0 rings (SSSR count). The predicted octanol–water partition coefficient (Wildman–Crippen LogP) is -1.87. The lowest BCUT2D eigenvalue weighted by Gasteiger charge is -2.18. The lowest BCUT2D eigenvalue weighted by molar-refractivity contribution is -0.0614. The Bertz CT molecular complexity index is 124. The van der Waals surface area contributed by atoms with Crippen LogP contribution in [0.5, 0.6) is 0 Å². The van der Waals surface area contributed by atoms with Gasteiger partial charge >= 0.3 is 0 Å². The van der Waals surface area contributed by atoms with Gasteiger partial charge in [-0.3, -0.25) is 0 Å². The third-order valence-electron chi connectivity index (χ3n) is 1.21. The average Bonchev–Trinajstić information content (AvgIpc) is 2.02. The molecule has 0 aromatic carbocycles. The molecule has 0 radical (unpaired) electrons. The quantitative estimate of drug-likeness (QED) is 0.313. The molecule has 0 aliphatic rings. The second-order valence-corrected chi connectivity index (χ2v) is 2.07. The summed E-state index contributed by atoms with van der Waals surface area (Å²) in [6, 6.07) is 0. The van der Waals surface area contributed by atoms with E-state index >= 15 is 0 Å². The zero-order chi connectivity index (χ0) is 8.85. The van der Waals surface area contributed by atoms with Gasteiger partial charge in [-0.15, -0.1) is 0 Å². The summed E-state index contributed by atoms with van der Waals surface area (Å²) < 4.78 is 0. The largest absolute Gasteiger partial charge is 0.516 e. The van der Waals surface area contributed by atoms with Crippen LogP contribution in [0.15, 0.2) is 12.3 Å². The zero-order valence-corrected chi connectivity index (χ0v) is 5.83. The Morgan fingerprint density at radius 1 is 1.18 bits per heavy atom. The van der Waals surface area contributed by atoms with Crippen molar-refractivity contribution in [2.24, 2.45) is 0 Å². The molecule has 5 nitrogen and oxygen atoms in total. The summed E-state index contributed by atoms with van der Waals surface area (Å²) in [4.78, 5) is 0. The van der Waals surface area contributed by atoms with Crippen molar-refractivity contribution < 1.29 is 25.5 Å². The van der Waals surface area contributed by atoms with Gasteiger partial charge < -0.3 is 25.5 Å². The highest BCUT2D eigenvalue weighted by Crippen LogP contribution is 2.00. The predicted molar refractivity (Wildman–Crippen MR) is 36.9 cm³/mol. The molecule has 3 atom stereocenters. The molecular weight excluding hydrogens is 152 g/mol. The Labute approximate surface area is 63.8 Å². The summed E-state index contributed by atoms with van der Waals surface area (Å²) in [6.07, 6.45) is -2.81. The van der Waals surface area contributed by atoms with Gasteiger partial charge in [-0.1, -0.05) is 0 Å². The fourth-order valence-corrected chi connectivity index (χ4v) is 0.538. The number of hydrogen-bond acceptors (Lipinski definition) is 5. The first-order chi connectivity index (χ1) is 5.13. The third kappa shape index (κ3) is 3.33. The molecule has 5 N–H and O–H groups in total. The lowest BCUT2D eigenvalue weighted by atomic mass is 10.1. The molecule has 0 saturated carbocycles. The first-order valence-corrected chi connectivity index (χ1v) is 3.09. The first kappa shape index (κ1) is 10.4. The van der Waals surface area contributed by atoms with Gasteiger partial charge in [0.15, 0.2) is 0 Å². The molecule has 66 valence electrons. The Morgan fingerprint density at radius 3 is 2.09 bits per heavy atom. The minimum absolute atomic E-state index is 0.554. The number of rotatable bonds is 4. The van der Waals surface area contributed by atoms with Gasteiger partial charge in [-0.25, -0.2) is 0 Å². The number of aliphatic hydroxyl groups is 5. The summed E-state index contributed by atoms with van der Waals surface area (Å²) >= 11 is 0. The van der Waals surface area contributed by atoms with E-state index in [0.717, 1.165) is 6.08 Å². The molecule has 0 saturated heterocycles. The maximum absolute atomic E-state index is 8.89. The molecule has 0 aromatic heterocycles. The summed E-state index contributed by atoms with van der Waals surface area (Å²) in [5, 5.41) is 43.0. The van der Waals surface area contributed by atoms with E-state index in [1.807, 2.05) is 0 Å². The third-order valence-corrected chi connectivity index (χ3v) is 1.21. The normalized spacial score (nSPS) is 20.0. The molecule has 0 heterocycles. The fourth-order valence-electron chi connectivity index (χ4n) is 0.538. The van der Waals surface area contributed by atoms with Crippen LogP contribution in [0.3, 0.4) is 0 Å². The van der Waals surface area contributed by atoms with Crippen molar-refractivity contribution in [2.45, 2.75) is 18.3 Å². The summed E-state index contributed by atoms with van der Waals surface area (Å²) in [7, 11) is 0. The number of aliphatic hydroxyl groups excluding tert-OH is 5. The Kier molecular flexibility index (Phi) is 4.80. The molecule has 0 amide bonds. The highest BCUT2D eigenvalue weighted by Gasteiger charge is 2.21. The molecule has 5 heteroatoms. The first-order valence-electron chi connectivity index (χ1n) is 3.09. The van der Waals surface area contributed by atoms with Crippen LogP contribution in [0.4, 0.5) is 0 Å². The van der Waals surface area contributed by atoms with Crippen molar-refractivity contribution in [1.29, 1.82) is 0 Å². The van der Waals surface area contributed by atoms with Crippen LogP contribution in [0.2, 0.25) is 0 Å². The van der Waals surface area contributed by atoms with Crippen LogP contribution in [-0.2, 0) is 0 Å². The molecule has 0 spiro atoms. The molecule has 11 heavy (non-hydrogen) atoms. The Balaban J connectivity index is 3.90. The Morgan fingerprint density at radius 2 is 1.73 bits per heavy atom. The smallest absolute Gasteiger partial charge is 0.112 e. The van der Waals surface area contributed by atoms with Crippen molar-refractivity contribution in [3.05, 3.63) is 12.3 Å². The van der Waals surface area contributed by atoms with Gasteiger partial charge in [0.05, 0.1) is 12.9 Å². The molecular formula is C6H12O5. The van der Waals surface area contributed by atoms with E-state index in [4.69, 9.17) is 25.5 Å². The molecule has 0 bridgehead atoms. The van der Waals surface area contributed by atoms with Crippen LogP contribution in [-0.4, -0.2) is 50.5 Å². The van der Waals surface area contributed by atoms with Crippen LogP contribution >= 0.6 is 0 Å². The molecule has 0 aliphatic heterocycles. The molecule has 0 aromatic rings. The van der Waals surface area contributed by atoms with Gasteiger partial charge in [-0.05, 0) is 6.08 Å². The summed E-state index contributed by atoms with van der Waals surface area (Å²) in [5.41, 5.74) is 0. The highest BCUT2D eigenvalue weighted by atomic mass is 16.4. The van der Waals surface area contributed by atoms with E-state index in [0.29, 0.717) is 6.26 Å². The topological polar surface area (TPSA) is 101 Å². The van der Waals surface area contributed by atoms with Crippen molar-refractivity contribution in [1.82, 2.24) is 0 Å². The summed E-state index contributed by atoms with van der Waals surface area (Å²) in [6.45, 7) is -0.641. The second-order valence-electron chi connectivity index (χ2n) is 2.07. The van der Waals surface area contributed by atoms with E-state index in [1.165, 1.54) is 0 Å². The van der Waals surface area contributed by atoms with Crippen molar-refractivity contribution in [2.75, 3.05) is 6.61 Å². The van der Waals surface area contributed by atoms with Gasteiger partial charge in [0.2, 0.25) is 0 Å². The lowest BCUT2D eigenvalue weighted by Crippen LogP contribution is -2.38. The van der Waals surface area contributed by atoms with E-state index in [9.17, 15) is 0 Å². The van der Waals surface area contributed by atoms with Gasteiger partial charge in [0.25, 0.3) is 0 Å². The maximum atomic E-state index is 8.89. The van der Waals surface area contributed by atoms with Crippen molar-refractivity contribution >= 4 is 0 Å². The fraction of sp³-hybridized carbons (Fsp3) is 0.667. The monoisotopic (exact) mass is 164 g/mol. The van der Waals surface area contributed by atoms with E-state index in [1.54, 1.807) is 0 Å². The zero-order valence-electron chi connectivity index (χ0n) is 5.83. The molecule has 0 unspecified atom stereocenters. The van der Waals surface area contributed by atoms with Gasteiger partial charge in [0.1, 0.15) is 18.3 Å².